The number of rotatable bonds is 6. The lowest BCUT2D eigenvalue weighted by atomic mass is 10.1. The third-order valence-electron chi connectivity index (χ3n) is 3.30. The summed E-state index contributed by atoms with van der Waals surface area (Å²) in [7, 11) is 0. The molecule has 0 saturated heterocycles. The van der Waals surface area contributed by atoms with E-state index in [0.717, 1.165) is 16.4 Å². The molecular formula is C13H17BrN4O. The number of nitrogens with two attached hydrogens (primary N) is 1. The van der Waals surface area contributed by atoms with E-state index in [1.54, 1.807) is 6.20 Å². The smallest absolute Gasteiger partial charge is 0.252 e. The van der Waals surface area contributed by atoms with E-state index in [4.69, 9.17) is 11.1 Å². The van der Waals surface area contributed by atoms with Crippen molar-refractivity contribution in [3.05, 3.63) is 28.0 Å². The Bertz CT molecular complexity index is 531. The summed E-state index contributed by atoms with van der Waals surface area (Å²) in [6.45, 7) is 2.08. The molecule has 6 heteroatoms. The van der Waals surface area contributed by atoms with Crippen molar-refractivity contribution >= 4 is 33.7 Å². The molecule has 0 unspecified atom stereocenters. The fourth-order valence-electron chi connectivity index (χ4n) is 2.02. The Balaban J connectivity index is 2.36. The quantitative estimate of drug-likeness (QED) is 0.476. The highest BCUT2D eigenvalue weighted by Crippen LogP contribution is 2.33. The number of hydrogen-bond acceptors (Lipinski definition) is 3. The van der Waals surface area contributed by atoms with E-state index in [-0.39, 0.29) is 11.6 Å². The summed E-state index contributed by atoms with van der Waals surface area (Å²) in [6, 6.07) is 2.11. The number of amides is 1. The average Bonchev–Trinajstić information content (AvgIpc) is 3.11. The van der Waals surface area contributed by atoms with Gasteiger partial charge in [0, 0.05) is 22.9 Å². The molecule has 1 atom stereocenters. The monoisotopic (exact) mass is 324 g/mol. The van der Waals surface area contributed by atoms with Gasteiger partial charge in [0.05, 0.1) is 17.0 Å². The van der Waals surface area contributed by atoms with Crippen molar-refractivity contribution in [2.24, 2.45) is 11.7 Å². The standard InChI is InChI=1S/C13H17BrN4O/c1-7(8-2-3-8)18-12(10(5-15)13(16)19)11-4-9(14)6-17-11/h4-8,15,17-18H,2-3H2,1H3,(H2,16,19)/b12-10-,15-5?/t7-/m1/s1. The summed E-state index contributed by atoms with van der Waals surface area (Å²) in [5.74, 6) is 0.0273. The van der Waals surface area contributed by atoms with Crippen LogP contribution in [0.15, 0.2) is 22.3 Å². The topological polar surface area (TPSA) is 94.8 Å². The molecular weight excluding hydrogens is 308 g/mol. The van der Waals surface area contributed by atoms with Crippen LogP contribution in [0.5, 0.6) is 0 Å². The van der Waals surface area contributed by atoms with Crippen molar-refractivity contribution in [3.8, 4) is 0 Å². The van der Waals surface area contributed by atoms with Crippen LogP contribution < -0.4 is 11.1 Å². The molecule has 1 saturated carbocycles. The van der Waals surface area contributed by atoms with Crippen LogP contribution in [-0.2, 0) is 4.79 Å². The summed E-state index contributed by atoms with van der Waals surface area (Å²) in [5, 5.41) is 10.7. The molecule has 0 bridgehead atoms. The van der Waals surface area contributed by atoms with Crippen molar-refractivity contribution in [1.29, 1.82) is 5.41 Å². The van der Waals surface area contributed by atoms with Crippen molar-refractivity contribution in [2.75, 3.05) is 0 Å². The molecule has 1 aromatic heterocycles. The summed E-state index contributed by atoms with van der Waals surface area (Å²) in [6.07, 6.45) is 5.18. The van der Waals surface area contributed by atoms with Gasteiger partial charge in [-0.3, -0.25) is 4.79 Å². The lowest BCUT2D eigenvalue weighted by Crippen LogP contribution is -2.30. The number of H-pyrrole nitrogens is 1. The van der Waals surface area contributed by atoms with Gasteiger partial charge in [0.1, 0.15) is 0 Å². The van der Waals surface area contributed by atoms with Gasteiger partial charge < -0.3 is 21.4 Å². The predicted molar refractivity (Wildman–Crippen MR) is 78.7 cm³/mol. The molecule has 0 spiro atoms. The van der Waals surface area contributed by atoms with Crippen LogP contribution in [0.4, 0.5) is 0 Å². The summed E-state index contributed by atoms with van der Waals surface area (Å²) >= 11 is 3.36. The van der Waals surface area contributed by atoms with Crippen LogP contribution >= 0.6 is 15.9 Å². The molecule has 1 amide bonds. The molecule has 5 N–H and O–H groups in total. The number of aromatic amines is 1. The number of halogens is 1. The van der Waals surface area contributed by atoms with Crippen molar-refractivity contribution < 1.29 is 4.79 Å². The van der Waals surface area contributed by atoms with Gasteiger partial charge in [-0.2, -0.15) is 0 Å². The SMILES string of the molecule is C[C@@H](N/C(=C(/C=N)C(N)=O)c1cc(Br)c[nH]1)C1CC1. The molecule has 0 radical (unpaired) electrons. The number of primary amides is 1. The van der Waals surface area contributed by atoms with Crippen LogP contribution in [0.2, 0.25) is 0 Å². The van der Waals surface area contributed by atoms with Gasteiger partial charge in [-0.05, 0) is 47.7 Å². The molecule has 1 aliphatic rings. The summed E-state index contributed by atoms with van der Waals surface area (Å²) in [5.41, 5.74) is 6.87. The lowest BCUT2D eigenvalue weighted by Gasteiger charge is -2.18. The first-order chi connectivity index (χ1) is 9.02. The highest BCUT2D eigenvalue weighted by molar-refractivity contribution is 9.10. The Morgan fingerprint density at radius 1 is 1.68 bits per heavy atom. The van der Waals surface area contributed by atoms with E-state index in [1.807, 2.05) is 6.07 Å². The largest absolute Gasteiger partial charge is 0.380 e. The zero-order valence-electron chi connectivity index (χ0n) is 10.7. The number of aromatic nitrogens is 1. The zero-order valence-corrected chi connectivity index (χ0v) is 12.3. The van der Waals surface area contributed by atoms with Crippen molar-refractivity contribution in [2.45, 2.75) is 25.8 Å². The third-order valence-corrected chi connectivity index (χ3v) is 3.76. The van der Waals surface area contributed by atoms with Crippen LogP contribution in [0.3, 0.4) is 0 Å². The number of carbonyl (C=O) groups is 1. The Morgan fingerprint density at radius 2 is 2.37 bits per heavy atom. The van der Waals surface area contributed by atoms with Crippen molar-refractivity contribution in [3.63, 3.8) is 0 Å². The second kappa shape index (κ2) is 5.61. The van der Waals surface area contributed by atoms with E-state index in [0.29, 0.717) is 11.6 Å². The number of carbonyl (C=O) groups excluding carboxylic acids is 1. The minimum absolute atomic E-state index is 0.182. The molecule has 102 valence electrons. The molecule has 0 aromatic carbocycles. The fourth-order valence-corrected chi connectivity index (χ4v) is 2.36. The van der Waals surface area contributed by atoms with Crippen LogP contribution in [-0.4, -0.2) is 23.1 Å². The Hall–Kier alpha value is -1.56. The molecule has 5 nitrogen and oxygen atoms in total. The van der Waals surface area contributed by atoms with Gasteiger partial charge in [0.2, 0.25) is 0 Å². The predicted octanol–water partition coefficient (Wildman–Crippen LogP) is 2.01. The second-order valence-corrected chi connectivity index (χ2v) is 5.71. The number of hydrogen-bond donors (Lipinski definition) is 4. The molecule has 19 heavy (non-hydrogen) atoms. The molecule has 1 aliphatic carbocycles. The minimum atomic E-state index is -0.605. The molecule has 2 rings (SSSR count). The maximum absolute atomic E-state index is 11.5. The molecule has 1 heterocycles. The lowest BCUT2D eigenvalue weighted by molar-refractivity contribution is -0.114. The maximum atomic E-state index is 11.5. The molecule has 1 fully saturated rings. The van der Waals surface area contributed by atoms with Crippen LogP contribution in [0.1, 0.15) is 25.5 Å². The summed E-state index contributed by atoms with van der Waals surface area (Å²) < 4.78 is 0.884. The van der Waals surface area contributed by atoms with E-state index in [9.17, 15) is 4.79 Å². The summed E-state index contributed by atoms with van der Waals surface area (Å²) in [4.78, 5) is 14.5. The molecule has 1 aromatic rings. The van der Waals surface area contributed by atoms with Crippen LogP contribution in [0.25, 0.3) is 5.70 Å². The fraction of sp³-hybridized carbons (Fsp3) is 0.385. The number of nitrogens with one attached hydrogen (secondary N) is 3. The Kier molecular flexibility index (Phi) is 4.09. The van der Waals surface area contributed by atoms with E-state index in [2.05, 4.69) is 33.2 Å². The van der Waals surface area contributed by atoms with Gasteiger partial charge >= 0.3 is 0 Å². The van der Waals surface area contributed by atoms with E-state index < -0.39 is 5.91 Å². The zero-order chi connectivity index (χ0) is 14.0. The van der Waals surface area contributed by atoms with Gasteiger partial charge in [-0.15, -0.1) is 0 Å². The van der Waals surface area contributed by atoms with Gasteiger partial charge in [0.25, 0.3) is 5.91 Å². The second-order valence-electron chi connectivity index (χ2n) is 4.80. The van der Waals surface area contributed by atoms with E-state index in [1.165, 1.54) is 12.8 Å². The highest BCUT2D eigenvalue weighted by Gasteiger charge is 2.29. The van der Waals surface area contributed by atoms with Gasteiger partial charge in [-0.1, -0.05) is 0 Å². The first-order valence-corrected chi connectivity index (χ1v) is 6.97. The third kappa shape index (κ3) is 3.26. The average molecular weight is 325 g/mol. The van der Waals surface area contributed by atoms with Crippen LogP contribution in [0, 0.1) is 11.3 Å². The Labute approximate surface area is 120 Å². The highest BCUT2D eigenvalue weighted by atomic mass is 79.9. The van der Waals surface area contributed by atoms with Gasteiger partial charge in [-0.25, -0.2) is 0 Å². The van der Waals surface area contributed by atoms with Gasteiger partial charge in [0.15, 0.2) is 0 Å². The molecule has 0 aliphatic heterocycles. The Morgan fingerprint density at radius 3 is 2.79 bits per heavy atom. The normalized spacial score (nSPS) is 17.6. The minimum Gasteiger partial charge on any atom is -0.380 e. The first-order valence-electron chi connectivity index (χ1n) is 6.18. The van der Waals surface area contributed by atoms with E-state index >= 15 is 0 Å². The first kappa shape index (κ1) is 13.9. The van der Waals surface area contributed by atoms with Crippen molar-refractivity contribution in [1.82, 2.24) is 10.3 Å². The maximum Gasteiger partial charge on any atom is 0.252 e.